The third kappa shape index (κ3) is 2.79. The first kappa shape index (κ1) is 12.6. The highest BCUT2D eigenvalue weighted by atomic mass is 32.2. The number of hydrogen-bond acceptors (Lipinski definition) is 2. The molecule has 0 fully saturated rings. The minimum atomic E-state index is 0.458. The molecule has 2 N–H and O–H groups in total. The van der Waals surface area contributed by atoms with Gasteiger partial charge in [0.25, 0.3) is 0 Å². The van der Waals surface area contributed by atoms with Crippen LogP contribution in [-0.2, 0) is 12.8 Å². The van der Waals surface area contributed by atoms with Crippen molar-refractivity contribution in [3.63, 3.8) is 0 Å². The molecule has 2 aromatic rings. The third-order valence-corrected chi connectivity index (χ3v) is 4.94. The van der Waals surface area contributed by atoms with E-state index in [4.69, 9.17) is 5.73 Å². The number of fused-ring (bicyclic) bond motifs is 1. The van der Waals surface area contributed by atoms with Crippen LogP contribution in [0.2, 0.25) is 0 Å². The number of hydrogen-bond donors (Lipinski definition) is 1. The van der Waals surface area contributed by atoms with Crippen molar-refractivity contribution in [2.45, 2.75) is 36.3 Å². The lowest BCUT2D eigenvalue weighted by Gasteiger charge is -2.13. The van der Waals surface area contributed by atoms with Crippen LogP contribution in [0.5, 0.6) is 0 Å². The quantitative estimate of drug-likeness (QED) is 0.650. The van der Waals surface area contributed by atoms with E-state index >= 15 is 0 Å². The smallest absolute Gasteiger partial charge is 0.0316 e. The molecule has 1 nitrogen and oxygen atoms in total. The predicted octanol–water partition coefficient (Wildman–Crippen LogP) is 4.61. The zero-order chi connectivity index (χ0) is 13.2. The second kappa shape index (κ2) is 5.30. The third-order valence-electron chi connectivity index (χ3n) is 3.79. The fourth-order valence-corrected chi connectivity index (χ4v) is 3.72. The number of aryl methyl sites for hydroxylation is 2. The molecule has 2 heteroatoms. The van der Waals surface area contributed by atoms with Gasteiger partial charge in [0.1, 0.15) is 0 Å². The SMILES string of the molecule is CC(Sc1ccc2c(c1)CCC2)c1ccc(N)cc1. The first-order chi connectivity index (χ1) is 9.22. The Morgan fingerprint density at radius 3 is 2.53 bits per heavy atom. The van der Waals surface area contributed by atoms with Gasteiger partial charge in [-0.25, -0.2) is 0 Å². The molecule has 3 rings (SSSR count). The predicted molar refractivity (Wildman–Crippen MR) is 83.6 cm³/mol. The molecule has 19 heavy (non-hydrogen) atoms. The van der Waals surface area contributed by atoms with E-state index in [0.717, 1.165) is 5.69 Å². The van der Waals surface area contributed by atoms with Crippen LogP contribution >= 0.6 is 11.8 Å². The van der Waals surface area contributed by atoms with Gasteiger partial charge in [0, 0.05) is 15.8 Å². The number of benzene rings is 2. The van der Waals surface area contributed by atoms with Crippen LogP contribution < -0.4 is 5.73 Å². The highest BCUT2D eigenvalue weighted by Gasteiger charge is 2.13. The maximum atomic E-state index is 5.73. The van der Waals surface area contributed by atoms with Gasteiger partial charge >= 0.3 is 0 Å². The zero-order valence-corrected chi connectivity index (χ0v) is 12.0. The average Bonchev–Trinajstić information content (AvgIpc) is 2.87. The Morgan fingerprint density at radius 1 is 1.00 bits per heavy atom. The summed E-state index contributed by atoms with van der Waals surface area (Å²) in [7, 11) is 0. The van der Waals surface area contributed by atoms with E-state index < -0.39 is 0 Å². The lowest BCUT2D eigenvalue weighted by atomic mass is 10.1. The van der Waals surface area contributed by atoms with Gasteiger partial charge in [0.2, 0.25) is 0 Å². The largest absolute Gasteiger partial charge is 0.399 e. The molecular formula is C17H19NS. The van der Waals surface area contributed by atoms with Crippen molar-refractivity contribution in [1.82, 2.24) is 0 Å². The van der Waals surface area contributed by atoms with E-state index in [2.05, 4.69) is 37.3 Å². The summed E-state index contributed by atoms with van der Waals surface area (Å²) in [6, 6.07) is 15.2. The molecule has 2 aromatic carbocycles. The second-order valence-corrected chi connectivity index (χ2v) is 6.63. The molecule has 0 radical (unpaired) electrons. The molecule has 0 saturated heterocycles. The van der Waals surface area contributed by atoms with E-state index in [0.29, 0.717) is 5.25 Å². The number of nitrogen functional groups attached to an aromatic ring is 1. The first-order valence-corrected chi connectivity index (χ1v) is 7.74. The lowest BCUT2D eigenvalue weighted by molar-refractivity contribution is 0.911. The Morgan fingerprint density at radius 2 is 1.74 bits per heavy atom. The summed E-state index contributed by atoms with van der Waals surface area (Å²) in [5, 5.41) is 0.458. The van der Waals surface area contributed by atoms with E-state index in [1.807, 2.05) is 23.9 Å². The molecule has 0 bridgehead atoms. The van der Waals surface area contributed by atoms with Crippen molar-refractivity contribution < 1.29 is 0 Å². The van der Waals surface area contributed by atoms with Crippen LogP contribution in [0.15, 0.2) is 47.4 Å². The van der Waals surface area contributed by atoms with Crippen LogP contribution in [0.25, 0.3) is 0 Å². The van der Waals surface area contributed by atoms with Crippen molar-refractivity contribution in [1.29, 1.82) is 0 Å². The molecule has 0 aromatic heterocycles. The molecule has 0 aliphatic heterocycles. The second-order valence-electron chi connectivity index (χ2n) is 5.21. The van der Waals surface area contributed by atoms with Crippen LogP contribution in [0, 0.1) is 0 Å². The van der Waals surface area contributed by atoms with Crippen molar-refractivity contribution in [2.75, 3.05) is 5.73 Å². The number of anilines is 1. The van der Waals surface area contributed by atoms with Crippen LogP contribution in [-0.4, -0.2) is 0 Å². The Balaban J connectivity index is 1.75. The van der Waals surface area contributed by atoms with Gasteiger partial charge in [-0.2, -0.15) is 0 Å². The van der Waals surface area contributed by atoms with Gasteiger partial charge in [0.05, 0.1) is 0 Å². The minimum absolute atomic E-state index is 0.458. The fourth-order valence-electron chi connectivity index (χ4n) is 2.66. The summed E-state index contributed by atoms with van der Waals surface area (Å²) < 4.78 is 0. The molecular weight excluding hydrogens is 250 g/mol. The van der Waals surface area contributed by atoms with Gasteiger partial charge in [-0.15, -0.1) is 11.8 Å². The summed E-state index contributed by atoms with van der Waals surface area (Å²) in [6.07, 6.45) is 3.82. The highest BCUT2D eigenvalue weighted by Crippen LogP contribution is 2.37. The zero-order valence-electron chi connectivity index (χ0n) is 11.2. The van der Waals surface area contributed by atoms with Gasteiger partial charge in [-0.05, 0) is 67.1 Å². The molecule has 0 saturated carbocycles. The molecule has 98 valence electrons. The molecule has 1 aliphatic carbocycles. The van der Waals surface area contributed by atoms with Crippen molar-refractivity contribution in [3.05, 3.63) is 59.2 Å². The van der Waals surface area contributed by atoms with Gasteiger partial charge in [0.15, 0.2) is 0 Å². The Labute approximate surface area is 119 Å². The van der Waals surface area contributed by atoms with E-state index in [9.17, 15) is 0 Å². The average molecular weight is 269 g/mol. The van der Waals surface area contributed by atoms with Crippen LogP contribution in [0.3, 0.4) is 0 Å². The number of thioether (sulfide) groups is 1. The topological polar surface area (TPSA) is 26.0 Å². The van der Waals surface area contributed by atoms with Crippen molar-refractivity contribution in [2.24, 2.45) is 0 Å². The summed E-state index contributed by atoms with van der Waals surface area (Å²) in [5.74, 6) is 0. The normalized spacial score (nSPS) is 15.2. The Kier molecular flexibility index (Phi) is 3.52. The summed E-state index contributed by atoms with van der Waals surface area (Å²) in [6.45, 7) is 2.25. The monoisotopic (exact) mass is 269 g/mol. The Hall–Kier alpha value is -1.41. The molecule has 0 spiro atoms. The molecule has 0 amide bonds. The number of nitrogens with two attached hydrogens (primary N) is 1. The molecule has 0 heterocycles. The van der Waals surface area contributed by atoms with Crippen molar-refractivity contribution in [3.8, 4) is 0 Å². The maximum Gasteiger partial charge on any atom is 0.0316 e. The van der Waals surface area contributed by atoms with E-state index in [1.54, 1.807) is 11.1 Å². The van der Waals surface area contributed by atoms with Gasteiger partial charge in [-0.3, -0.25) is 0 Å². The van der Waals surface area contributed by atoms with Gasteiger partial charge in [-0.1, -0.05) is 18.2 Å². The highest BCUT2D eigenvalue weighted by molar-refractivity contribution is 7.99. The Bertz CT molecular complexity index is 574. The number of rotatable bonds is 3. The maximum absolute atomic E-state index is 5.73. The fraction of sp³-hybridized carbons (Fsp3) is 0.294. The minimum Gasteiger partial charge on any atom is -0.399 e. The van der Waals surface area contributed by atoms with Crippen LogP contribution in [0.1, 0.15) is 35.3 Å². The first-order valence-electron chi connectivity index (χ1n) is 6.86. The molecule has 1 aliphatic rings. The van der Waals surface area contributed by atoms with Crippen molar-refractivity contribution >= 4 is 17.4 Å². The molecule has 1 atom stereocenters. The standard InChI is InChI=1S/C17H19NS/c1-12(13-5-8-16(18)9-6-13)19-17-10-7-14-3-2-4-15(14)11-17/h5-12H,2-4,18H2,1H3. The lowest BCUT2D eigenvalue weighted by Crippen LogP contribution is -1.91. The van der Waals surface area contributed by atoms with Gasteiger partial charge < -0.3 is 5.73 Å². The summed E-state index contributed by atoms with van der Waals surface area (Å²) in [4.78, 5) is 1.38. The summed E-state index contributed by atoms with van der Waals surface area (Å²) in [5.41, 5.74) is 11.0. The molecule has 1 unspecified atom stereocenters. The summed E-state index contributed by atoms with van der Waals surface area (Å²) >= 11 is 1.93. The van der Waals surface area contributed by atoms with E-state index in [1.165, 1.54) is 29.7 Å². The van der Waals surface area contributed by atoms with Crippen LogP contribution in [0.4, 0.5) is 5.69 Å². The van der Waals surface area contributed by atoms with E-state index in [-0.39, 0.29) is 0 Å².